The van der Waals surface area contributed by atoms with Crippen molar-refractivity contribution in [2.45, 2.75) is 18.7 Å². The lowest BCUT2D eigenvalue weighted by molar-refractivity contribution is 0.340. The molecule has 1 atom stereocenters. The van der Waals surface area contributed by atoms with Crippen molar-refractivity contribution in [2.75, 3.05) is 6.61 Å². The van der Waals surface area contributed by atoms with Crippen molar-refractivity contribution in [3.8, 4) is 5.75 Å². The lowest BCUT2D eigenvalue weighted by Crippen LogP contribution is -1.95. The van der Waals surface area contributed by atoms with Crippen LogP contribution in [0.1, 0.15) is 28.4 Å². The first-order chi connectivity index (χ1) is 9.11. The van der Waals surface area contributed by atoms with E-state index in [0.717, 1.165) is 16.3 Å². The quantitative estimate of drug-likeness (QED) is 0.665. The van der Waals surface area contributed by atoms with Crippen LogP contribution in [0.15, 0.2) is 42.5 Å². The van der Waals surface area contributed by atoms with Crippen molar-refractivity contribution in [1.82, 2.24) is 0 Å². The molecule has 2 rings (SSSR count). The van der Waals surface area contributed by atoms with E-state index in [4.69, 9.17) is 16.3 Å². The first kappa shape index (κ1) is 14.4. The summed E-state index contributed by atoms with van der Waals surface area (Å²) >= 11 is 9.79. The Bertz CT molecular complexity index is 551. The molecule has 1 nitrogen and oxygen atoms in total. The highest BCUT2D eigenvalue weighted by molar-refractivity contribution is 9.09. The number of hydrogen-bond donors (Lipinski definition) is 0. The highest BCUT2D eigenvalue weighted by atomic mass is 79.9. The fourth-order valence-electron chi connectivity index (χ4n) is 1.92. The van der Waals surface area contributed by atoms with Crippen LogP contribution >= 0.6 is 27.5 Å². The van der Waals surface area contributed by atoms with Gasteiger partial charge in [-0.25, -0.2) is 0 Å². The molecule has 0 radical (unpaired) electrons. The van der Waals surface area contributed by atoms with Crippen molar-refractivity contribution in [3.63, 3.8) is 0 Å². The molecule has 2 aromatic rings. The van der Waals surface area contributed by atoms with Crippen molar-refractivity contribution in [2.24, 2.45) is 0 Å². The van der Waals surface area contributed by atoms with Gasteiger partial charge in [-0.3, -0.25) is 0 Å². The van der Waals surface area contributed by atoms with E-state index in [9.17, 15) is 0 Å². The second-order valence-corrected chi connectivity index (χ2v) is 5.70. The molecule has 0 aromatic heterocycles. The summed E-state index contributed by atoms with van der Waals surface area (Å²) in [5, 5.41) is 0.801. The molecule has 0 amide bonds. The zero-order valence-corrected chi connectivity index (χ0v) is 13.3. The minimum Gasteiger partial charge on any atom is -0.494 e. The van der Waals surface area contributed by atoms with E-state index in [-0.39, 0.29) is 4.83 Å². The Morgan fingerprint density at radius 2 is 1.74 bits per heavy atom. The van der Waals surface area contributed by atoms with E-state index in [1.165, 1.54) is 11.1 Å². The Kier molecular flexibility index (Phi) is 4.89. The lowest BCUT2D eigenvalue weighted by Gasteiger charge is -2.13. The topological polar surface area (TPSA) is 9.23 Å². The molecule has 0 aliphatic rings. The number of benzene rings is 2. The zero-order valence-electron chi connectivity index (χ0n) is 11.0. The van der Waals surface area contributed by atoms with Crippen molar-refractivity contribution < 1.29 is 4.74 Å². The molecule has 0 spiro atoms. The fraction of sp³-hybridized carbons (Fsp3) is 0.250. The predicted octanol–water partition coefficient (Wildman–Crippen LogP) is 5.53. The van der Waals surface area contributed by atoms with Gasteiger partial charge >= 0.3 is 0 Å². The summed E-state index contributed by atoms with van der Waals surface area (Å²) in [4.78, 5) is 0.166. The maximum absolute atomic E-state index is 6.06. The molecule has 0 saturated carbocycles. The van der Waals surface area contributed by atoms with E-state index >= 15 is 0 Å². The molecule has 100 valence electrons. The third-order valence-corrected chi connectivity index (χ3v) is 4.44. The maximum atomic E-state index is 6.06. The molecule has 3 heteroatoms. The number of ether oxygens (including phenoxy) is 1. The molecular formula is C16H16BrClO. The summed E-state index contributed by atoms with van der Waals surface area (Å²) < 4.78 is 5.45. The molecule has 2 aromatic carbocycles. The Hall–Kier alpha value is -0.990. The first-order valence-corrected chi connectivity index (χ1v) is 7.54. The van der Waals surface area contributed by atoms with Crippen LogP contribution < -0.4 is 4.74 Å². The van der Waals surface area contributed by atoms with Crippen LogP contribution in [-0.2, 0) is 0 Å². The van der Waals surface area contributed by atoms with Gasteiger partial charge in [0.25, 0.3) is 0 Å². The van der Waals surface area contributed by atoms with Gasteiger partial charge in [0, 0.05) is 5.02 Å². The SMILES string of the molecule is CCOc1ccc(C(Br)c2ccc(Cl)c(C)c2)cc1. The smallest absolute Gasteiger partial charge is 0.119 e. The van der Waals surface area contributed by atoms with Gasteiger partial charge in [-0.1, -0.05) is 51.8 Å². The van der Waals surface area contributed by atoms with Gasteiger partial charge in [0.2, 0.25) is 0 Å². The molecule has 0 heterocycles. The van der Waals surface area contributed by atoms with Crippen LogP contribution in [0.3, 0.4) is 0 Å². The minimum absolute atomic E-state index is 0.166. The summed E-state index contributed by atoms with van der Waals surface area (Å²) in [5.74, 6) is 0.901. The second kappa shape index (κ2) is 6.44. The Labute approximate surface area is 127 Å². The Balaban J connectivity index is 2.22. The van der Waals surface area contributed by atoms with Crippen molar-refractivity contribution in [1.29, 1.82) is 0 Å². The molecule has 0 bridgehead atoms. The first-order valence-electron chi connectivity index (χ1n) is 6.24. The number of aryl methyl sites for hydroxylation is 1. The third kappa shape index (κ3) is 3.52. The predicted molar refractivity (Wildman–Crippen MR) is 84.6 cm³/mol. The molecular weight excluding hydrogens is 324 g/mol. The maximum Gasteiger partial charge on any atom is 0.119 e. The standard InChI is InChI=1S/C16H16BrClO/c1-3-19-14-7-4-12(5-8-14)16(17)13-6-9-15(18)11(2)10-13/h4-10,16H,3H2,1-2H3. The number of hydrogen-bond acceptors (Lipinski definition) is 1. The highest BCUT2D eigenvalue weighted by Gasteiger charge is 2.11. The monoisotopic (exact) mass is 338 g/mol. The van der Waals surface area contributed by atoms with Gasteiger partial charge in [-0.2, -0.15) is 0 Å². The largest absolute Gasteiger partial charge is 0.494 e. The summed E-state index contributed by atoms with van der Waals surface area (Å²) in [7, 11) is 0. The average Bonchev–Trinajstić information content (AvgIpc) is 2.42. The Morgan fingerprint density at radius 1 is 1.11 bits per heavy atom. The van der Waals surface area contributed by atoms with Crippen LogP contribution in [0.5, 0.6) is 5.75 Å². The van der Waals surface area contributed by atoms with Crippen LogP contribution in [0, 0.1) is 6.92 Å². The Morgan fingerprint density at radius 3 is 2.32 bits per heavy atom. The molecule has 0 aliphatic carbocycles. The highest BCUT2D eigenvalue weighted by Crippen LogP contribution is 2.33. The molecule has 0 saturated heterocycles. The van der Waals surface area contributed by atoms with Gasteiger partial charge in [0.05, 0.1) is 11.4 Å². The zero-order chi connectivity index (χ0) is 13.8. The van der Waals surface area contributed by atoms with Crippen molar-refractivity contribution in [3.05, 3.63) is 64.2 Å². The molecule has 19 heavy (non-hydrogen) atoms. The lowest BCUT2D eigenvalue weighted by atomic mass is 10.0. The van der Waals surface area contributed by atoms with Crippen LogP contribution in [0.4, 0.5) is 0 Å². The van der Waals surface area contributed by atoms with E-state index in [1.807, 2.05) is 38.1 Å². The van der Waals surface area contributed by atoms with Crippen LogP contribution in [-0.4, -0.2) is 6.61 Å². The van der Waals surface area contributed by atoms with Gasteiger partial charge in [-0.15, -0.1) is 0 Å². The summed E-state index contributed by atoms with van der Waals surface area (Å²) in [5.41, 5.74) is 3.49. The van der Waals surface area contributed by atoms with E-state index in [1.54, 1.807) is 0 Å². The molecule has 0 N–H and O–H groups in total. The molecule has 1 unspecified atom stereocenters. The third-order valence-electron chi connectivity index (χ3n) is 2.96. The molecule has 0 aliphatic heterocycles. The van der Waals surface area contributed by atoms with Gasteiger partial charge < -0.3 is 4.74 Å². The van der Waals surface area contributed by atoms with Crippen LogP contribution in [0.25, 0.3) is 0 Å². The van der Waals surface area contributed by atoms with E-state index in [2.05, 4.69) is 34.1 Å². The average molecular weight is 340 g/mol. The fourth-order valence-corrected chi connectivity index (χ4v) is 2.63. The summed E-state index contributed by atoms with van der Waals surface area (Å²) in [6.07, 6.45) is 0. The normalized spacial score (nSPS) is 12.2. The van der Waals surface area contributed by atoms with Gasteiger partial charge in [0.15, 0.2) is 0 Å². The molecule has 0 fully saturated rings. The number of alkyl halides is 1. The van der Waals surface area contributed by atoms with Gasteiger partial charge in [0.1, 0.15) is 5.75 Å². The van der Waals surface area contributed by atoms with Crippen molar-refractivity contribution >= 4 is 27.5 Å². The van der Waals surface area contributed by atoms with E-state index in [0.29, 0.717) is 6.61 Å². The summed E-state index contributed by atoms with van der Waals surface area (Å²) in [6, 6.07) is 14.2. The van der Waals surface area contributed by atoms with E-state index < -0.39 is 0 Å². The van der Waals surface area contributed by atoms with Gasteiger partial charge in [-0.05, 0) is 48.7 Å². The second-order valence-electron chi connectivity index (χ2n) is 4.37. The minimum atomic E-state index is 0.166. The number of halogens is 2. The summed E-state index contributed by atoms with van der Waals surface area (Å²) in [6.45, 7) is 4.69. The van der Waals surface area contributed by atoms with Crippen LogP contribution in [0.2, 0.25) is 5.02 Å². The number of rotatable bonds is 4.